The highest BCUT2D eigenvalue weighted by atomic mass is 35.5. The van der Waals surface area contributed by atoms with Gasteiger partial charge in [0.2, 0.25) is 5.91 Å². The highest BCUT2D eigenvalue weighted by molar-refractivity contribution is 6.30. The summed E-state index contributed by atoms with van der Waals surface area (Å²) < 4.78 is 0. The predicted octanol–water partition coefficient (Wildman–Crippen LogP) is 3.77. The molecule has 0 radical (unpaired) electrons. The van der Waals surface area contributed by atoms with Gasteiger partial charge in [-0.25, -0.2) is 4.98 Å². The lowest BCUT2D eigenvalue weighted by Gasteiger charge is -2.34. The van der Waals surface area contributed by atoms with E-state index in [0.29, 0.717) is 22.9 Å². The van der Waals surface area contributed by atoms with Crippen LogP contribution in [0.4, 0.5) is 11.5 Å². The lowest BCUT2D eigenvalue weighted by Crippen LogP contribution is -2.41. The van der Waals surface area contributed by atoms with Crippen LogP contribution in [0.1, 0.15) is 24.0 Å². The second kappa shape index (κ2) is 7.54. The second-order valence-corrected chi connectivity index (χ2v) is 6.70. The third-order valence-electron chi connectivity index (χ3n) is 4.38. The number of halogens is 1. The Hall–Kier alpha value is -2.58. The first-order valence-electron chi connectivity index (χ1n) is 8.25. The number of nitrogens with one attached hydrogen (secondary N) is 1. The minimum absolute atomic E-state index is 0.0402. The largest absolute Gasteiger partial charge is 0.370 e. The van der Waals surface area contributed by atoms with Gasteiger partial charge in [-0.1, -0.05) is 17.7 Å². The fourth-order valence-electron chi connectivity index (χ4n) is 3.04. The molecule has 2 heterocycles. The number of benzene rings is 1. The number of carbonyl (C=O) groups is 1. The van der Waals surface area contributed by atoms with Crippen molar-refractivity contribution >= 4 is 29.0 Å². The van der Waals surface area contributed by atoms with Gasteiger partial charge >= 0.3 is 0 Å². The summed E-state index contributed by atoms with van der Waals surface area (Å²) in [6.45, 7) is 3.32. The minimum atomic E-state index is -0.151. The van der Waals surface area contributed by atoms with Crippen molar-refractivity contribution in [2.45, 2.75) is 19.8 Å². The second-order valence-electron chi connectivity index (χ2n) is 6.27. The summed E-state index contributed by atoms with van der Waals surface area (Å²) in [6.07, 6.45) is 3.43. The number of amides is 1. The average molecular weight is 355 g/mol. The molecule has 1 saturated heterocycles. The Morgan fingerprint density at radius 2 is 2.24 bits per heavy atom. The molecule has 3 rings (SSSR count). The molecule has 6 heteroatoms. The van der Waals surface area contributed by atoms with E-state index in [1.165, 1.54) is 0 Å². The summed E-state index contributed by atoms with van der Waals surface area (Å²) in [5.41, 5.74) is 2.42. The van der Waals surface area contributed by atoms with Crippen LogP contribution in [0.3, 0.4) is 0 Å². The van der Waals surface area contributed by atoms with Crippen molar-refractivity contribution < 1.29 is 4.79 Å². The van der Waals surface area contributed by atoms with Crippen molar-refractivity contribution in [2.75, 3.05) is 23.3 Å². The first-order chi connectivity index (χ1) is 12.1. The molecule has 128 valence electrons. The molecule has 0 bridgehead atoms. The normalized spacial score (nSPS) is 17.0. The Kier molecular flexibility index (Phi) is 5.20. The monoisotopic (exact) mass is 354 g/mol. The van der Waals surface area contributed by atoms with Crippen LogP contribution in [0.2, 0.25) is 5.02 Å². The van der Waals surface area contributed by atoms with E-state index in [9.17, 15) is 10.1 Å². The molecule has 2 aromatic rings. The van der Waals surface area contributed by atoms with Crippen LogP contribution >= 0.6 is 11.6 Å². The molecule has 1 aliphatic heterocycles. The third kappa shape index (κ3) is 4.09. The maximum atomic E-state index is 12.6. The quantitative estimate of drug-likeness (QED) is 0.910. The van der Waals surface area contributed by atoms with Crippen molar-refractivity contribution in [1.29, 1.82) is 5.26 Å². The lowest BCUT2D eigenvalue weighted by atomic mass is 9.96. The van der Waals surface area contributed by atoms with Crippen molar-refractivity contribution in [3.63, 3.8) is 0 Å². The van der Waals surface area contributed by atoms with Gasteiger partial charge in [0.05, 0.1) is 17.2 Å². The third-order valence-corrected chi connectivity index (χ3v) is 4.61. The molecule has 1 aliphatic rings. The van der Waals surface area contributed by atoms with Crippen LogP contribution in [0, 0.1) is 24.2 Å². The smallest absolute Gasteiger partial charge is 0.230 e. The van der Waals surface area contributed by atoms with Crippen molar-refractivity contribution in [1.82, 2.24) is 4.98 Å². The molecule has 1 atom stereocenters. The Balaban J connectivity index is 1.73. The number of nitrogens with zero attached hydrogens (tertiary/aromatic N) is 3. The molecule has 0 spiro atoms. The van der Waals surface area contributed by atoms with E-state index in [0.717, 1.165) is 30.6 Å². The Bertz CT molecular complexity index is 813. The molecule has 1 fully saturated rings. The number of aromatic nitrogens is 1. The topological polar surface area (TPSA) is 69.0 Å². The van der Waals surface area contributed by atoms with E-state index in [2.05, 4.69) is 21.3 Å². The van der Waals surface area contributed by atoms with E-state index in [4.69, 9.17) is 11.6 Å². The molecule has 1 aromatic heterocycles. The minimum Gasteiger partial charge on any atom is -0.370 e. The first kappa shape index (κ1) is 17.2. The summed E-state index contributed by atoms with van der Waals surface area (Å²) in [6, 6.07) is 11.1. The van der Waals surface area contributed by atoms with Gasteiger partial charge in [0, 0.05) is 24.3 Å². The lowest BCUT2D eigenvalue weighted by molar-refractivity contribution is -0.120. The number of pyridine rings is 1. The number of piperidine rings is 1. The van der Waals surface area contributed by atoms with E-state index < -0.39 is 0 Å². The molecule has 5 nitrogen and oxygen atoms in total. The van der Waals surface area contributed by atoms with Gasteiger partial charge < -0.3 is 10.2 Å². The van der Waals surface area contributed by atoms with Gasteiger partial charge in [-0.2, -0.15) is 5.26 Å². The van der Waals surface area contributed by atoms with Crippen LogP contribution in [0.25, 0.3) is 0 Å². The fourth-order valence-corrected chi connectivity index (χ4v) is 3.21. The number of nitriles is 1. The van der Waals surface area contributed by atoms with Gasteiger partial charge in [0.15, 0.2) is 0 Å². The molecule has 0 saturated carbocycles. The SMILES string of the molecule is Cc1ccc(NC(=O)C2CCCN(c3cc(Cl)ccc3C#N)C2)nc1. The van der Waals surface area contributed by atoms with Gasteiger partial charge in [0.25, 0.3) is 0 Å². The molecule has 25 heavy (non-hydrogen) atoms. The zero-order chi connectivity index (χ0) is 17.8. The summed E-state index contributed by atoms with van der Waals surface area (Å²) in [4.78, 5) is 18.9. The Labute approximate surface area is 152 Å². The van der Waals surface area contributed by atoms with Crippen LogP contribution in [-0.2, 0) is 4.79 Å². The maximum Gasteiger partial charge on any atom is 0.230 e. The molecule has 1 amide bonds. The number of anilines is 2. The zero-order valence-corrected chi connectivity index (χ0v) is 14.8. The highest BCUT2D eigenvalue weighted by Gasteiger charge is 2.27. The summed E-state index contributed by atoms with van der Waals surface area (Å²) >= 11 is 6.09. The molecule has 1 aromatic carbocycles. The van der Waals surface area contributed by atoms with Gasteiger partial charge in [-0.15, -0.1) is 0 Å². The molecule has 1 unspecified atom stereocenters. The zero-order valence-electron chi connectivity index (χ0n) is 14.0. The van der Waals surface area contributed by atoms with Crippen LogP contribution < -0.4 is 10.2 Å². The first-order valence-corrected chi connectivity index (χ1v) is 8.63. The Morgan fingerprint density at radius 3 is 2.96 bits per heavy atom. The summed E-state index contributed by atoms with van der Waals surface area (Å²) in [7, 11) is 0. The molecular weight excluding hydrogens is 336 g/mol. The Morgan fingerprint density at radius 1 is 1.40 bits per heavy atom. The number of hydrogen-bond acceptors (Lipinski definition) is 4. The van der Waals surface area contributed by atoms with Gasteiger partial charge in [0.1, 0.15) is 11.9 Å². The standard InChI is InChI=1S/C19H19ClN4O/c1-13-4-7-18(22-11-13)23-19(25)15-3-2-8-24(12-15)17-9-16(20)6-5-14(17)10-21/h4-7,9,11,15H,2-3,8,12H2,1H3,(H,22,23,25). The molecule has 0 aliphatic carbocycles. The number of aryl methyl sites for hydroxylation is 1. The molecular formula is C19H19ClN4O. The van der Waals surface area contributed by atoms with E-state index in [-0.39, 0.29) is 11.8 Å². The van der Waals surface area contributed by atoms with Crippen LogP contribution in [-0.4, -0.2) is 24.0 Å². The van der Waals surface area contributed by atoms with E-state index in [1.54, 1.807) is 30.5 Å². The van der Waals surface area contributed by atoms with Crippen molar-refractivity contribution in [2.24, 2.45) is 5.92 Å². The summed E-state index contributed by atoms with van der Waals surface area (Å²) in [5.74, 6) is 0.372. The predicted molar refractivity (Wildman–Crippen MR) is 98.7 cm³/mol. The fraction of sp³-hybridized carbons (Fsp3) is 0.316. The van der Waals surface area contributed by atoms with E-state index in [1.807, 2.05) is 13.0 Å². The van der Waals surface area contributed by atoms with Gasteiger partial charge in [-0.05, 0) is 49.6 Å². The van der Waals surface area contributed by atoms with Crippen molar-refractivity contribution in [3.05, 3.63) is 52.7 Å². The number of carbonyl (C=O) groups excluding carboxylic acids is 1. The van der Waals surface area contributed by atoms with Crippen LogP contribution in [0.5, 0.6) is 0 Å². The van der Waals surface area contributed by atoms with Gasteiger partial charge in [-0.3, -0.25) is 4.79 Å². The maximum absolute atomic E-state index is 12.6. The molecule has 1 N–H and O–H groups in total. The van der Waals surface area contributed by atoms with Crippen molar-refractivity contribution in [3.8, 4) is 6.07 Å². The average Bonchev–Trinajstić information content (AvgIpc) is 2.63. The summed E-state index contributed by atoms with van der Waals surface area (Å²) in [5, 5.41) is 12.8. The number of rotatable bonds is 3. The van der Waals surface area contributed by atoms with E-state index >= 15 is 0 Å². The highest BCUT2D eigenvalue weighted by Crippen LogP contribution is 2.29. The number of hydrogen-bond donors (Lipinski definition) is 1. The van der Waals surface area contributed by atoms with Crippen LogP contribution in [0.15, 0.2) is 36.5 Å².